The molecule has 2 nitrogen and oxygen atoms in total. The number of halogens is 3. The molecule has 0 spiro atoms. The molecule has 0 aliphatic carbocycles. The Morgan fingerprint density at radius 3 is 2.07 bits per heavy atom. The standard InChI is InChI=1S/C9H15F3N2/c1-4-8(5-13,7(2)3)14-6-9(10,11)12/h7,14H,4,6H2,1-3H3. The summed E-state index contributed by atoms with van der Waals surface area (Å²) < 4.78 is 35.9. The SMILES string of the molecule is CCC(C#N)(NCC(F)(F)F)C(C)C. The fourth-order valence-electron chi connectivity index (χ4n) is 1.24. The maximum Gasteiger partial charge on any atom is 0.401 e. The number of nitrogens with one attached hydrogen (secondary N) is 1. The van der Waals surface area contributed by atoms with Crippen molar-refractivity contribution >= 4 is 0 Å². The molecular formula is C9H15F3N2. The van der Waals surface area contributed by atoms with E-state index in [2.05, 4.69) is 5.32 Å². The highest BCUT2D eigenvalue weighted by molar-refractivity contribution is 5.08. The highest BCUT2D eigenvalue weighted by Gasteiger charge is 2.36. The normalized spacial score (nSPS) is 16.4. The van der Waals surface area contributed by atoms with E-state index < -0.39 is 18.3 Å². The van der Waals surface area contributed by atoms with Crippen molar-refractivity contribution in [2.24, 2.45) is 5.92 Å². The van der Waals surface area contributed by atoms with Crippen LogP contribution in [0.1, 0.15) is 27.2 Å². The average molecular weight is 208 g/mol. The van der Waals surface area contributed by atoms with Crippen LogP contribution >= 0.6 is 0 Å². The summed E-state index contributed by atoms with van der Waals surface area (Å²) in [5, 5.41) is 11.1. The van der Waals surface area contributed by atoms with Crippen LogP contribution < -0.4 is 5.32 Å². The Balaban J connectivity index is 4.48. The van der Waals surface area contributed by atoms with Gasteiger partial charge in [-0.2, -0.15) is 18.4 Å². The molecule has 0 fully saturated rings. The molecule has 0 amide bonds. The van der Waals surface area contributed by atoms with E-state index in [1.54, 1.807) is 20.8 Å². The molecule has 0 rings (SSSR count). The zero-order chi connectivity index (χ0) is 11.4. The van der Waals surface area contributed by atoms with Crippen LogP contribution in [0.3, 0.4) is 0 Å². The third-order valence-corrected chi connectivity index (χ3v) is 2.35. The van der Waals surface area contributed by atoms with Gasteiger partial charge in [0.1, 0.15) is 5.54 Å². The van der Waals surface area contributed by atoms with Crippen LogP contribution in [-0.4, -0.2) is 18.3 Å². The van der Waals surface area contributed by atoms with Crippen LogP contribution in [0.25, 0.3) is 0 Å². The molecule has 1 N–H and O–H groups in total. The second-order valence-electron chi connectivity index (χ2n) is 3.56. The minimum atomic E-state index is -4.27. The largest absolute Gasteiger partial charge is 0.401 e. The maximum absolute atomic E-state index is 12.0. The van der Waals surface area contributed by atoms with Crippen molar-refractivity contribution in [1.29, 1.82) is 5.26 Å². The Morgan fingerprint density at radius 1 is 1.36 bits per heavy atom. The lowest BCUT2D eigenvalue weighted by molar-refractivity contribution is -0.128. The van der Waals surface area contributed by atoms with Gasteiger partial charge in [-0.25, -0.2) is 0 Å². The minimum absolute atomic E-state index is 0.153. The van der Waals surface area contributed by atoms with Crippen molar-refractivity contribution in [2.45, 2.75) is 38.9 Å². The van der Waals surface area contributed by atoms with E-state index >= 15 is 0 Å². The Bertz CT molecular complexity index is 217. The first-order chi connectivity index (χ1) is 6.27. The van der Waals surface area contributed by atoms with Crippen molar-refractivity contribution in [3.05, 3.63) is 0 Å². The molecule has 0 aliphatic rings. The third-order valence-electron chi connectivity index (χ3n) is 2.35. The zero-order valence-corrected chi connectivity index (χ0v) is 8.57. The summed E-state index contributed by atoms with van der Waals surface area (Å²) in [5.74, 6) is -0.153. The van der Waals surface area contributed by atoms with E-state index in [0.29, 0.717) is 6.42 Å². The molecular weight excluding hydrogens is 193 g/mol. The van der Waals surface area contributed by atoms with Crippen LogP contribution in [0.15, 0.2) is 0 Å². The molecule has 0 bridgehead atoms. The van der Waals surface area contributed by atoms with E-state index in [-0.39, 0.29) is 5.92 Å². The summed E-state index contributed by atoms with van der Waals surface area (Å²) in [6.45, 7) is 4.05. The van der Waals surface area contributed by atoms with Crippen molar-refractivity contribution in [1.82, 2.24) is 5.32 Å². The van der Waals surface area contributed by atoms with Gasteiger partial charge in [0.05, 0.1) is 12.6 Å². The summed E-state index contributed by atoms with van der Waals surface area (Å²) in [6, 6.07) is 1.93. The van der Waals surface area contributed by atoms with Crippen molar-refractivity contribution in [3.8, 4) is 6.07 Å². The third kappa shape index (κ3) is 3.54. The predicted molar refractivity (Wildman–Crippen MR) is 47.5 cm³/mol. The molecule has 0 radical (unpaired) electrons. The van der Waals surface area contributed by atoms with Gasteiger partial charge in [0, 0.05) is 0 Å². The molecule has 1 atom stereocenters. The number of nitriles is 1. The van der Waals surface area contributed by atoms with Gasteiger partial charge in [0.2, 0.25) is 0 Å². The van der Waals surface area contributed by atoms with Gasteiger partial charge in [-0.05, 0) is 12.3 Å². The van der Waals surface area contributed by atoms with Gasteiger partial charge in [-0.3, -0.25) is 5.32 Å². The van der Waals surface area contributed by atoms with Crippen molar-refractivity contribution < 1.29 is 13.2 Å². The molecule has 0 heterocycles. The van der Waals surface area contributed by atoms with Gasteiger partial charge >= 0.3 is 6.18 Å². The Hall–Kier alpha value is -0.760. The first-order valence-corrected chi connectivity index (χ1v) is 4.50. The monoisotopic (exact) mass is 208 g/mol. The van der Waals surface area contributed by atoms with Gasteiger partial charge in [-0.15, -0.1) is 0 Å². The quantitative estimate of drug-likeness (QED) is 0.770. The van der Waals surface area contributed by atoms with Gasteiger partial charge < -0.3 is 0 Å². The van der Waals surface area contributed by atoms with Gasteiger partial charge in [0.15, 0.2) is 0 Å². The summed E-state index contributed by atoms with van der Waals surface area (Å²) in [7, 11) is 0. The van der Waals surface area contributed by atoms with E-state index in [1.165, 1.54) is 0 Å². The highest BCUT2D eigenvalue weighted by Crippen LogP contribution is 2.22. The molecule has 5 heteroatoms. The van der Waals surface area contributed by atoms with E-state index in [1.807, 2.05) is 6.07 Å². The summed E-state index contributed by atoms with van der Waals surface area (Å²) >= 11 is 0. The second-order valence-corrected chi connectivity index (χ2v) is 3.56. The topological polar surface area (TPSA) is 35.8 Å². The smallest absolute Gasteiger partial charge is 0.291 e. The number of alkyl halides is 3. The molecule has 0 aromatic carbocycles. The van der Waals surface area contributed by atoms with Crippen LogP contribution in [0, 0.1) is 17.2 Å². The van der Waals surface area contributed by atoms with Crippen molar-refractivity contribution in [3.63, 3.8) is 0 Å². The molecule has 14 heavy (non-hydrogen) atoms. The predicted octanol–water partition coefficient (Wildman–Crippen LogP) is 2.47. The number of nitrogens with zero attached hydrogens (tertiary/aromatic N) is 1. The van der Waals surface area contributed by atoms with Crippen LogP contribution in [0.2, 0.25) is 0 Å². The number of rotatable bonds is 4. The molecule has 0 saturated heterocycles. The Kier molecular flexibility index (Phi) is 4.40. The lowest BCUT2D eigenvalue weighted by Gasteiger charge is -2.31. The second kappa shape index (κ2) is 4.65. The molecule has 0 aliphatic heterocycles. The maximum atomic E-state index is 12.0. The molecule has 1 unspecified atom stereocenters. The lowest BCUT2D eigenvalue weighted by atomic mass is 9.85. The van der Waals surface area contributed by atoms with E-state index in [9.17, 15) is 13.2 Å². The molecule has 82 valence electrons. The summed E-state index contributed by atoms with van der Waals surface area (Å²) in [6.07, 6.45) is -3.91. The lowest BCUT2D eigenvalue weighted by Crippen LogP contribution is -2.51. The number of hydrogen-bond donors (Lipinski definition) is 1. The fourth-order valence-corrected chi connectivity index (χ4v) is 1.24. The highest BCUT2D eigenvalue weighted by atomic mass is 19.4. The average Bonchev–Trinajstić information content (AvgIpc) is 2.04. The summed E-state index contributed by atoms with van der Waals surface area (Å²) in [5.41, 5.74) is -1.07. The fraction of sp³-hybridized carbons (Fsp3) is 0.889. The molecule has 0 saturated carbocycles. The minimum Gasteiger partial charge on any atom is -0.291 e. The van der Waals surface area contributed by atoms with Gasteiger partial charge in [-0.1, -0.05) is 20.8 Å². The number of hydrogen-bond acceptors (Lipinski definition) is 2. The van der Waals surface area contributed by atoms with Crippen LogP contribution in [0.4, 0.5) is 13.2 Å². The first-order valence-electron chi connectivity index (χ1n) is 4.50. The first kappa shape index (κ1) is 13.2. The zero-order valence-electron chi connectivity index (χ0n) is 8.57. The van der Waals surface area contributed by atoms with E-state index in [4.69, 9.17) is 5.26 Å². The van der Waals surface area contributed by atoms with Crippen LogP contribution in [-0.2, 0) is 0 Å². The summed E-state index contributed by atoms with van der Waals surface area (Å²) in [4.78, 5) is 0. The molecule has 0 aromatic heterocycles. The van der Waals surface area contributed by atoms with Crippen LogP contribution in [0.5, 0.6) is 0 Å². The molecule has 0 aromatic rings. The Morgan fingerprint density at radius 2 is 1.86 bits per heavy atom. The van der Waals surface area contributed by atoms with Crippen molar-refractivity contribution in [2.75, 3.05) is 6.54 Å². The van der Waals surface area contributed by atoms with Gasteiger partial charge in [0.25, 0.3) is 0 Å². The van der Waals surface area contributed by atoms with E-state index in [0.717, 1.165) is 0 Å². The Labute approximate surface area is 82.1 Å².